The Hall–Kier alpha value is -0.653. The Morgan fingerprint density at radius 1 is 1.23 bits per heavy atom. The van der Waals surface area contributed by atoms with E-state index in [1.54, 1.807) is 5.57 Å². The highest BCUT2D eigenvalue weighted by atomic mass is 28.4. The molecule has 200 valence electrons. The van der Waals surface area contributed by atoms with E-state index in [-0.39, 0.29) is 28.6 Å². The highest BCUT2D eigenvalue weighted by Crippen LogP contribution is 2.67. The maximum atomic E-state index is 11.5. The second-order valence-corrected chi connectivity index (χ2v) is 19.2. The molecule has 0 saturated heterocycles. The molecule has 4 fully saturated rings. The normalized spacial score (nSPS) is 39.7. The molecular weight excluding hydrogens is 452 g/mol. The van der Waals surface area contributed by atoms with Crippen LogP contribution < -0.4 is 0 Å². The van der Waals surface area contributed by atoms with Crippen molar-refractivity contribution in [3.8, 4) is 0 Å². The quantitative estimate of drug-likeness (QED) is 0.195. The first-order chi connectivity index (χ1) is 16.2. The number of carbonyl (C=O) groups is 1. The van der Waals surface area contributed by atoms with Gasteiger partial charge in [0.25, 0.3) is 0 Å². The Balaban J connectivity index is 1.45. The summed E-state index contributed by atoms with van der Waals surface area (Å²) in [5.41, 5.74) is 2.22. The SMILES string of the molecule is COC(C=C1CCC[C@@]2(C)C1CCC2[C@H](C)CO[Si](C)(C)C(C)(C)C)C12CC1C[C@H](OC(C)=O)C2. The van der Waals surface area contributed by atoms with E-state index in [1.165, 1.54) is 45.4 Å². The summed E-state index contributed by atoms with van der Waals surface area (Å²) < 4.78 is 18.5. The van der Waals surface area contributed by atoms with Gasteiger partial charge in [0.1, 0.15) is 6.10 Å². The standard InChI is InChI=1S/C30H52O4Si/c1-20(19-33-35(8,9)28(3,4)5)25-12-13-26-22(11-10-14-29(25,26)6)15-27(32-7)30-17-23(30)16-24(18-30)34-21(2)31/h15,20,23-27H,10-14,16-19H2,1-9H3/t20-,23?,24+,25?,26?,27?,29-,30?/m1/s1. The number of hydrogen-bond acceptors (Lipinski definition) is 4. The van der Waals surface area contributed by atoms with E-state index in [4.69, 9.17) is 13.9 Å². The molecule has 0 aromatic carbocycles. The van der Waals surface area contributed by atoms with Crippen LogP contribution in [0.25, 0.3) is 0 Å². The summed E-state index contributed by atoms with van der Waals surface area (Å²) >= 11 is 0. The van der Waals surface area contributed by atoms with Gasteiger partial charge in [0.2, 0.25) is 0 Å². The van der Waals surface area contributed by atoms with E-state index in [9.17, 15) is 4.79 Å². The van der Waals surface area contributed by atoms with Gasteiger partial charge in [0, 0.05) is 26.1 Å². The zero-order chi connectivity index (χ0) is 25.8. The average molecular weight is 505 g/mol. The van der Waals surface area contributed by atoms with E-state index in [0.717, 1.165) is 25.4 Å². The van der Waals surface area contributed by atoms with Crippen LogP contribution in [0.5, 0.6) is 0 Å². The molecule has 5 heteroatoms. The average Bonchev–Trinajstić information content (AvgIpc) is 3.12. The summed E-state index contributed by atoms with van der Waals surface area (Å²) in [5.74, 6) is 2.50. The van der Waals surface area contributed by atoms with Gasteiger partial charge in [-0.15, -0.1) is 0 Å². The van der Waals surface area contributed by atoms with Crippen molar-refractivity contribution in [3.05, 3.63) is 11.6 Å². The van der Waals surface area contributed by atoms with Crippen LogP contribution in [0.15, 0.2) is 11.6 Å². The summed E-state index contributed by atoms with van der Waals surface area (Å²) in [5, 5.41) is 0.263. The van der Waals surface area contributed by atoms with Crippen molar-refractivity contribution in [3.63, 3.8) is 0 Å². The molecule has 0 N–H and O–H groups in total. The Labute approximate surface area is 216 Å². The molecular formula is C30H52O4Si. The smallest absolute Gasteiger partial charge is 0.302 e. The fourth-order valence-corrected chi connectivity index (χ4v) is 9.24. The summed E-state index contributed by atoms with van der Waals surface area (Å²) in [6.07, 6.45) is 12.4. The van der Waals surface area contributed by atoms with E-state index in [0.29, 0.717) is 23.2 Å². The lowest BCUT2D eigenvalue weighted by molar-refractivity contribution is -0.146. The number of hydrogen-bond donors (Lipinski definition) is 0. The molecule has 8 atom stereocenters. The molecule has 4 rings (SSSR count). The number of allylic oxidation sites excluding steroid dienone is 1. The Kier molecular flexibility index (Phi) is 7.50. The van der Waals surface area contributed by atoms with Gasteiger partial charge in [-0.3, -0.25) is 4.79 Å². The van der Waals surface area contributed by atoms with Gasteiger partial charge in [-0.05, 0) is 98.6 Å². The summed E-state index contributed by atoms with van der Waals surface area (Å²) in [6.45, 7) is 19.2. The lowest BCUT2D eigenvalue weighted by atomic mass is 9.61. The molecule has 35 heavy (non-hydrogen) atoms. The van der Waals surface area contributed by atoms with Crippen LogP contribution >= 0.6 is 0 Å². The van der Waals surface area contributed by atoms with Gasteiger partial charge in [-0.2, -0.15) is 0 Å². The monoisotopic (exact) mass is 504 g/mol. The van der Waals surface area contributed by atoms with Gasteiger partial charge in [0.15, 0.2) is 8.32 Å². The largest absolute Gasteiger partial charge is 0.463 e. The molecule has 0 aromatic rings. The number of esters is 1. The fourth-order valence-electron chi connectivity index (χ4n) is 8.13. The Morgan fingerprint density at radius 2 is 1.94 bits per heavy atom. The van der Waals surface area contributed by atoms with Crippen LogP contribution in [-0.4, -0.2) is 40.2 Å². The van der Waals surface area contributed by atoms with Gasteiger partial charge in [-0.25, -0.2) is 0 Å². The first-order valence-electron chi connectivity index (χ1n) is 14.3. The van der Waals surface area contributed by atoms with Crippen LogP contribution in [0.4, 0.5) is 0 Å². The number of carbonyl (C=O) groups excluding carboxylic acids is 1. The van der Waals surface area contributed by atoms with Crippen LogP contribution in [0.3, 0.4) is 0 Å². The third kappa shape index (κ3) is 5.08. The predicted molar refractivity (Wildman–Crippen MR) is 145 cm³/mol. The van der Waals surface area contributed by atoms with Crippen molar-refractivity contribution in [2.75, 3.05) is 13.7 Å². The molecule has 0 bridgehead atoms. The lowest BCUT2D eigenvalue weighted by Gasteiger charge is -2.45. The highest BCUT2D eigenvalue weighted by Gasteiger charge is 2.65. The first kappa shape index (κ1) is 27.4. The Morgan fingerprint density at radius 3 is 2.57 bits per heavy atom. The van der Waals surface area contributed by atoms with Gasteiger partial charge >= 0.3 is 5.97 Å². The third-order valence-electron chi connectivity index (χ3n) is 11.2. The molecule has 4 nitrogen and oxygen atoms in total. The maximum Gasteiger partial charge on any atom is 0.302 e. The van der Waals surface area contributed by atoms with E-state index < -0.39 is 8.32 Å². The zero-order valence-corrected chi connectivity index (χ0v) is 25.0. The second kappa shape index (κ2) is 9.58. The zero-order valence-electron chi connectivity index (χ0n) is 24.0. The second-order valence-electron chi connectivity index (χ2n) is 14.3. The molecule has 4 saturated carbocycles. The number of ether oxygens (including phenoxy) is 2. The van der Waals surface area contributed by atoms with E-state index in [2.05, 4.69) is 53.8 Å². The summed E-state index contributed by atoms with van der Waals surface area (Å²) in [4.78, 5) is 11.5. The Bertz CT molecular complexity index is 829. The minimum Gasteiger partial charge on any atom is -0.463 e. The third-order valence-corrected chi connectivity index (χ3v) is 15.7. The van der Waals surface area contributed by atoms with Crippen molar-refractivity contribution in [2.24, 2.45) is 34.5 Å². The van der Waals surface area contributed by atoms with Gasteiger partial charge < -0.3 is 13.9 Å². The van der Waals surface area contributed by atoms with Crippen molar-refractivity contribution in [2.45, 2.75) is 123 Å². The van der Waals surface area contributed by atoms with E-state index in [1.807, 2.05) is 7.11 Å². The molecule has 4 aliphatic carbocycles. The number of fused-ring (bicyclic) bond motifs is 2. The molecule has 5 unspecified atom stereocenters. The summed E-state index contributed by atoms with van der Waals surface area (Å²) in [7, 11) is 0.159. The topological polar surface area (TPSA) is 44.8 Å². The highest BCUT2D eigenvalue weighted by molar-refractivity contribution is 6.74. The summed E-state index contributed by atoms with van der Waals surface area (Å²) in [6, 6.07) is 0. The fraction of sp³-hybridized carbons (Fsp3) is 0.900. The van der Waals surface area contributed by atoms with E-state index >= 15 is 0 Å². The predicted octanol–water partition coefficient (Wildman–Crippen LogP) is 7.53. The van der Waals surface area contributed by atoms with Crippen LogP contribution in [-0.2, 0) is 18.7 Å². The minimum atomic E-state index is -1.72. The van der Waals surface area contributed by atoms with Crippen molar-refractivity contribution >= 4 is 14.3 Å². The lowest BCUT2D eigenvalue weighted by Crippen LogP contribution is -2.43. The molecule has 0 spiro atoms. The van der Waals surface area contributed by atoms with Crippen LogP contribution in [0.1, 0.15) is 92.9 Å². The van der Waals surface area contributed by atoms with Crippen molar-refractivity contribution < 1.29 is 18.7 Å². The minimum absolute atomic E-state index is 0.0801. The molecule has 0 radical (unpaired) electrons. The molecule has 0 aromatic heterocycles. The first-order valence-corrected chi connectivity index (χ1v) is 17.2. The maximum absolute atomic E-state index is 11.5. The van der Waals surface area contributed by atoms with Gasteiger partial charge in [-0.1, -0.05) is 46.3 Å². The molecule has 4 aliphatic rings. The van der Waals surface area contributed by atoms with Crippen molar-refractivity contribution in [1.29, 1.82) is 0 Å². The van der Waals surface area contributed by atoms with Crippen LogP contribution in [0, 0.1) is 34.5 Å². The molecule has 0 aliphatic heterocycles. The van der Waals surface area contributed by atoms with Crippen LogP contribution in [0.2, 0.25) is 18.1 Å². The molecule has 0 amide bonds. The number of rotatable bonds is 8. The number of methoxy groups -OCH3 is 1. The van der Waals surface area contributed by atoms with Gasteiger partial charge in [0.05, 0.1) is 6.10 Å². The van der Waals surface area contributed by atoms with Crippen molar-refractivity contribution in [1.82, 2.24) is 0 Å². The molecule has 0 heterocycles.